The zero-order chi connectivity index (χ0) is 24.8. The van der Waals surface area contributed by atoms with Crippen LogP contribution >= 0.6 is 0 Å². The Morgan fingerprint density at radius 2 is 1.60 bits per heavy atom. The van der Waals surface area contributed by atoms with Crippen LogP contribution in [0.2, 0.25) is 0 Å². The third-order valence-electron chi connectivity index (χ3n) is 5.68. The van der Waals surface area contributed by atoms with Crippen molar-refractivity contribution in [3.8, 4) is 5.75 Å². The van der Waals surface area contributed by atoms with Crippen LogP contribution in [0.5, 0.6) is 5.75 Å². The maximum absolute atomic E-state index is 12.8. The lowest BCUT2D eigenvalue weighted by Gasteiger charge is -2.13. The standard InChI is InChI=1S/C27H24N2O6/c1-34-23-10-6-5-9-20(23)16-28-24(30)17-35-27(33)19-11-12-21-22(15-19)26(32)29(25(21)31)14-13-18-7-3-2-4-8-18/h2-12,15H,13-14,16-17H2,1H3,(H,28,30). The van der Waals surface area contributed by atoms with E-state index in [1.165, 1.54) is 23.1 Å². The van der Waals surface area contributed by atoms with E-state index >= 15 is 0 Å². The summed E-state index contributed by atoms with van der Waals surface area (Å²) in [7, 11) is 1.54. The van der Waals surface area contributed by atoms with Gasteiger partial charge in [0.2, 0.25) is 0 Å². The lowest BCUT2D eigenvalue weighted by atomic mass is 10.1. The Labute approximate surface area is 202 Å². The van der Waals surface area contributed by atoms with Crippen molar-refractivity contribution in [2.45, 2.75) is 13.0 Å². The predicted molar refractivity (Wildman–Crippen MR) is 127 cm³/mol. The van der Waals surface area contributed by atoms with E-state index in [-0.39, 0.29) is 29.8 Å². The van der Waals surface area contributed by atoms with Crippen molar-refractivity contribution < 1.29 is 28.7 Å². The Kier molecular flexibility index (Phi) is 7.21. The molecule has 3 amide bonds. The monoisotopic (exact) mass is 472 g/mol. The summed E-state index contributed by atoms with van der Waals surface area (Å²) in [6, 6.07) is 21.0. The number of imide groups is 1. The lowest BCUT2D eigenvalue weighted by molar-refractivity contribution is -0.124. The molecule has 0 unspecified atom stereocenters. The summed E-state index contributed by atoms with van der Waals surface area (Å²) in [6.07, 6.45) is 0.533. The van der Waals surface area contributed by atoms with Crippen molar-refractivity contribution in [2.75, 3.05) is 20.3 Å². The van der Waals surface area contributed by atoms with Crippen LogP contribution < -0.4 is 10.1 Å². The third-order valence-corrected chi connectivity index (χ3v) is 5.68. The number of rotatable bonds is 9. The quantitative estimate of drug-likeness (QED) is 0.380. The second kappa shape index (κ2) is 10.6. The van der Waals surface area contributed by atoms with Crippen LogP contribution in [0.4, 0.5) is 0 Å². The summed E-state index contributed by atoms with van der Waals surface area (Å²) in [5.41, 5.74) is 2.28. The van der Waals surface area contributed by atoms with Gasteiger partial charge < -0.3 is 14.8 Å². The highest BCUT2D eigenvalue weighted by molar-refractivity contribution is 6.22. The van der Waals surface area contributed by atoms with Crippen LogP contribution in [-0.2, 0) is 22.5 Å². The number of carbonyl (C=O) groups is 4. The first-order valence-corrected chi connectivity index (χ1v) is 11.1. The van der Waals surface area contributed by atoms with E-state index in [0.717, 1.165) is 11.1 Å². The number of fused-ring (bicyclic) bond motifs is 1. The minimum Gasteiger partial charge on any atom is -0.496 e. The van der Waals surface area contributed by atoms with E-state index in [9.17, 15) is 19.2 Å². The van der Waals surface area contributed by atoms with Crippen molar-refractivity contribution >= 4 is 23.7 Å². The molecule has 178 valence electrons. The van der Waals surface area contributed by atoms with Gasteiger partial charge in [0.05, 0.1) is 23.8 Å². The van der Waals surface area contributed by atoms with Gasteiger partial charge in [-0.3, -0.25) is 19.3 Å². The molecule has 0 radical (unpaired) electrons. The van der Waals surface area contributed by atoms with Crippen molar-refractivity contribution in [2.24, 2.45) is 0 Å². The number of amides is 3. The highest BCUT2D eigenvalue weighted by atomic mass is 16.5. The van der Waals surface area contributed by atoms with Crippen molar-refractivity contribution in [3.05, 3.63) is 101 Å². The van der Waals surface area contributed by atoms with E-state index in [0.29, 0.717) is 12.2 Å². The van der Waals surface area contributed by atoms with E-state index in [1.807, 2.05) is 48.5 Å². The number of hydrogen-bond acceptors (Lipinski definition) is 6. The van der Waals surface area contributed by atoms with E-state index in [2.05, 4.69) is 5.32 Å². The van der Waals surface area contributed by atoms with Crippen LogP contribution in [0.25, 0.3) is 0 Å². The molecule has 35 heavy (non-hydrogen) atoms. The highest BCUT2D eigenvalue weighted by Crippen LogP contribution is 2.25. The van der Waals surface area contributed by atoms with Crippen molar-refractivity contribution in [1.29, 1.82) is 0 Å². The van der Waals surface area contributed by atoms with E-state index in [1.54, 1.807) is 13.2 Å². The van der Waals surface area contributed by atoms with Gasteiger partial charge in [0.15, 0.2) is 6.61 Å². The Bertz CT molecular complexity index is 1270. The maximum Gasteiger partial charge on any atom is 0.338 e. The summed E-state index contributed by atoms with van der Waals surface area (Å²) < 4.78 is 10.3. The van der Waals surface area contributed by atoms with Crippen molar-refractivity contribution in [3.63, 3.8) is 0 Å². The molecule has 1 aliphatic heterocycles. The molecule has 3 aromatic rings. The summed E-state index contributed by atoms with van der Waals surface area (Å²) >= 11 is 0. The van der Waals surface area contributed by atoms with Gasteiger partial charge >= 0.3 is 5.97 Å². The normalized spacial score (nSPS) is 12.3. The fourth-order valence-electron chi connectivity index (χ4n) is 3.81. The molecule has 0 saturated heterocycles. The topological polar surface area (TPSA) is 102 Å². The number of hydrogen-bond donors (Lipinski definition) is 1. The Morgan fingerprint density at radius 3 is 2.37 bits per heavy atom. The molecule has 0 aliphatic carbocycles. The molecular weight excluding hydrogens is 448 g/mol. The average Bonchev–Trinajstić information content (AvgIpc) is 3.14. The molecule has 1 aliphatic rings. The summed E-state index contributed by atoms with van der Waals surface area (Å²) in [5.74, 6) is -1.45. The fraction of sp³-hybridized carbons (Fsp3) is 0.185. The molecule has 1 N–H and O–H groups in total. The largest absolute Gasteiger partial charge is 0.496 e. The minimum absolute atomic E-state index is 0.0901. The van der Waals surface area contributed by atoms with Crippen molar-refractivity contribution in [1.82, 2.24) is 10.2 Å². The number of nitrogens with zero attached hydrogens (tertiary/aromatic N) is 1. The number of carbonyl (C=O) groups excluding carboxylic acids is 4. The van der Waals surface area contributed by atoms with Crippen LogP contribution in [-0.4, -0.2) is 48.9 Å². The molecule has 0 aromatic heterocycles. The van der Waals surface area contributed by atoms with Crippen LogP contribution in [0.3, 0.4) is 0 Å². The number of methoxy groups -OCH3 is 1. The van der Waals surface area contributed by atoms with E-state index < -0.39 is 30.3 Å². The SMILES string of the molecule is COc1ccccc1CNC(=O)COC(=O)c1ccc2c(c1)C(=O)N(CCc1ccccc1)C2=O. The predicted octanol–water partition coefficient (Wildman–Crippen LogP) is 3.01. The number of para-hydroxylation sites is 1. The van der Waals surface area contributed by atoms with Crippen LogP contribution in [0.15, 0.2) is 72.8 Å². The molecule has 0 spiro atoms. The number of nitrogens with one attached hydrogen (secondary N) is 1. The smallest absolute Gasteiger partial charge is 0.338 e. The molecule has 1 heterocycles. The van der Waals surface area contributed by atoms with E-state index in [4.69, 9.17) is 9.47 Å². The third kappa shape index (κ3) is 5.38. The van der Waals surface area contributed by atoms with Gasteiger partial charge in [0.1, 0.15) is 5.75 Å². The second-order valence-electron chi connectivity index (χ2n) is 7.92. The molecule has 3 aromatic carbocycles. The Balaban J connectivity index is 1.33. The lowest BCUT2D eigenvalue weighted by Crippen LogP contribution is -2.31. The van der Waals surface area contributed by atoms with Gasteiger partial charge in [0.25, 0.3) is 17.7 Å². The van der Waals surface area contributed by atoms with Gasteiger partial charge in [-0.05, 0) is 36.2 Å². The molecule has 0 bridgehead atoms. The van der Waals surface area contributed by atoms with Gasteiger partial charge in [-0.1, -0.05) is 48.5 Å². The molecule has 0 fully saturated rings. The first-order valence-electron chi connectivity index (χ1n) is 11.1. The summed E-state index contributed by atoms with van der Waals surface area (Å²) in [4.78, 5) is 51.3. The number of ether oxygens (including phenoxy) is 2. The Hall–Kier alpha value is -4.46. The molecular formula is C27H24N2O6. The van der Waals surface area contributed by atoms with Crippen LogP contribution in [0, 0.1) is 0 Å². The first kappa shape index (κ1) is 23.7. The Morgan fingerprint density at radius 1 is 0.886 bits per heavy atom. The zero-order valence-electron chi connectivity index (χ0n) is 19.2. The molecule has 8 heteroatoms. The molecule has 0 saturated carbocycles. The first-order chi connectivity index (χ1) is 17.0. The van der Waals surface area contributed by atoms with Crippen LogP contribution in [0.1, 0.15) is 42.2 Å². The van der Waals surface area contributed by atoms with Gasteiger partial charge in [-0.15, -0.1) is 0 Å². The van der Waals surface area contributed by atoms with Gasteiger partial charge in [-0.2, -0.15) is 0 Å². The average molecular weight is 472 g/mol. The zero-order valence-corrected chi connectivity index (χ0v) is 19.2. The highest BCUT2D eigenvalue weighted by Gasteiger charge is 2.35. The molecule has 0 atom stereocenters. The van der Waals surface area contributed by atoms with Gasteiger partial charge in [-0.25, -0.2) is 4.79 Å². The summed E-state index contributed by atoms with van der Waals surface area (Å²) in [5, 5.41) is 2.67. The number of esters is 1. The number of benzene rings is 3. The molecule has 4 rings (SSSR count). The second-order valence-corrected chi connectivity index (χ2v) is 7.92. The maximum atomic E-state index is 12.8. The van der Waals surface area contributed by atoms with Gasteiger partial charge in [0, 0.05) is 18.7 Å². The minimum atomic E-state index is -0.761. The molecule has 8 nitrogen and oxygen atoms in total. The fourth-order valence-corrected chi connectivity index (χ4v) is 3.81. The summed E-state index contributed by atoms with van der Waals surface area (Å²) in [6.45, 7) is -0.0294.